The highest BCUT2D eigenvalue weighted by Crippen LogP contribution is 2.27. The Kier molecular flexibility index (Phi) is 4.47. The number of rotatable bonds is 2. The van der Waals surface area contributed by atoms with E-state index in [1.807, 2.05) is 6.07 Å². The SMILES string of the molecule is CCC1CCCN(C(=O)C2CNc3ccccc3C2)CC1. The molecule has 2 aliphatic heterocycles. The Morgan fingerprint density at radius 2 is 2.14 bits per heavy atom. The normalized spacial score (nSPS) is 25.7. The highest BCUT2D eigenvalue weighted by atomic mass is 16.2. The molecule has 3 rings (SSSR count). The quantitative estimate of drug-likeness (QED) is 0.904. The molecule has 2 heterocycles. The molecule has 21 heavy (non-hydrogen) atoms. The lowest BCUT2D eigenvalue weighted by Gasteiger charge is -2.30. The van der Waals surface area contributed by atoms with Crippen molar-refractivity contribution < 1.29 is 4.79 Å². The van der Waals surface area contributed by atoms with Crippen molar-refractivity contribution in [2.45, 2.75) is 39.0 Å². The van der Waals surface area contributed by atoms with Gasteiger partial charge in [-0.2, -0.15) is 0 Å². The average molecular weight is 286 g/mol. The molecule has 3 nitrogen and oxygen atoms in total. The number of nitrogens with zero attached hydrogens (tertiary/aromatic N) is 1. The lowest BCUT2D eigenvalue weighted by Crippen LogP contribution is -2.41. The fourth-order valence-electron chi connectivity index (χ4n) is 3.67. The molecule has 1 saturated heterocycles. The molecule has 1 aromatic rings. The number of carbonyl (C=O) groups excluding carboxylic acids is 1. The standard InChI is InChI=1S/C18H26N2O/c1-2-14-6-5-10-20(11-9-14)18(21)16-12-15-7-3-4-8-17(15)19-13-16/h3-4,7-8,14,16,19H,2,5-6,9-13H2,1H3. The Bertz CT molecular complexity index is 500. The summed E-state index contributed by atoms with van der Waals surface area (Å²) in [4.78, 5) is 14.9. The minimum atomic E-state index is 0.109. The summed E-state index contributed by atoms with van der Waals surface area (Å²) in [5.41, 5.74) is 2.48. The van der Waals surface area contributed by atoms with Gasteiger partial charge in [0.15, 0.2) is 0 Å². The highest BCUT2D eigenvalue weighted by molar-refractivity contribution is 5.81. The molecule has 0 aromatic heterocycles. The number of benzene rings is 1. The molecule has 0 saturated carbocycles. The zero-order valence-corrected chi connectivity index (χ0v) is 13.0. The summed E-state index contributed by atoms with van der Waals surface area (Å²) >= 11 is 0. The van der Waals surface area contributed by atoms with Crippen LogP contribution in [-0.4, -0.2) is 30.4 Å². The van der Waals surface area contributed by atoms with Gasteiger partial charge in [0.1, 0.15) is 0 Å². The summed E-state index contributed by atoms with van der Waals surface area (Å²) in [5.74, 6) is 1.28. The third kappa shape index (κ3) is 3.22. The Labute approximate surface area is 127 Å². The van der Waals surface area contributed by atoms with Crippen LogP contribution in [0.2, 0.25) is 0 Å². The van der Waals surface area contributed by atoms with Gasteiger partial charge in [-0.1, -0.05) is 31.5 Å². The first kappa shape index (κ1) is 14.4. The predicted molar refractivity (Wildman–Crippen MR) is 86.3 cm³/mol. The predicted octanol–water partition coefficient (Wildman–Crippen LogP) is 3.31. The topological polar surface area (TPSA) is 32.3 Å². The molecule has 0 aliphatic carbocycles. The van der Waals surface area contributed by atoms with Crippen molar-refractivity contribution in [3.05, 3.63) is 29.8 Å². The van der Waals surface area contributed by atoms with Gasteiger partial charge >= 0.3 is 0 Å². The number of hydrogen-bond donors (Lipinski definition) is 1. The summed E-state index contributed by atoms with van der Waals surface area (Å²) in [6.45, 7) is 4.96. The molecule has 1 fully saturated rings. The van der Waals surface area contributed by atoms with E-state index in [2.05, 4.69) is 35.3 Å². The molecule has 2 unspecified atom stereocenters. The zero-order valence-electron chi connectivity index (χ0n) is 13.0. The summed E-state index contributed by atoms with van der Waals surface area (Å²) in [7, 11) is 0. The van der Waals surface area contributed by atoms with E-state index >= 15 is 0 Å². The molecular weight excluding hydrogens is 260 g/mol. The van der Waals surface area contributed by atoms with Crippen LogP contribution in [0.4, 0.5) is 5.69 Å². The van der Waals surface area contributed by atoms with Crippen LogP contribution in [-0.2, 0) is 11.2 Å². The van der Waals surface area contributed by atoms with E-state index in [0.717, 1.165) is 32.0 Å². The first-order valence-electron chi connectivity index (χ1n) is 8.38. The van der Waals surface area contributed by atoms with Gasteiger partial charge in [0.25, 0.3) is 0 Å². The number of amides is 1. The third-order valence-corrected chi connectivity index (χ3v) is 5.11. The van der Waals surface area contributed by atoms with Gasteiger partial charge in [0, 0.05) is 25.3 Å². The van der Waals surface area contributed by atoms with Gasteiger partial charge in [-0.25, -0.2) is 0 Å². The Hall–Kier alpha value is -1.51. The van der Waals surface area contributed by atoms with Crippen molar-refractivity contribution >= 4 is 11.6 Å². The Morgan fingerprint density at radius 3 is 3.00 bits per heavy atom. The maximum absolute atomic E-state index is 12.8. The average Bonchev–Trinajstić information content (AvgIpc) is 2.79. The van der Waals surface area contributed by atoms with Gasteiger partial charge in [-0.15, -0.1) is 0 Å². The van der Waals surface area contributed by atoms with E-state index in [1.165, 1.54) is 36.9 Å². The highest BCUT2D eigenvalue weighted by Gasteiger charge is 2.29. The van der Waals surface area contributed by atoms with Crippen molar-refractivity contribution in [2.75, 3.05) is 25.0 Å². The smallest absolute Gasteiger partial charge is 0.227 e. The van der Waals surface area contributed by atoms with Crippen molar-refractivity contribution in [3.8, 4) is 0 Å². The maximum Gasteiger partial charge on any atom is 0.227 e. The Balaban J connectivity index is 1.64. The molecular formula is C18H26N2O. The van der Waals surface area contributed by atoms with Crippen LogP contribution < -0.4 is 5.32 Å². The van der Waals surface area contributed by atoms with Crippen LogP contribution in [0.5, 0.6) is 0 Å². The minimum absolute atomic E-state index is 0.109. The van der Waals surface area contributed by atoms with E-state index < -0.39 is 0 Å². The van der Waals surface area contributed by atoms with Crippen LogP contribution in [0.1, 0.15) is 38.2 Å². The monoisotopic (exact) mass is 286 g/mol. The van der Waals surface area contributed by atoms with E-state index in [0.29, 0.717) is 5.91 Å². The van der Waals surface area contributed by atoms with Crippen LogP contribution in [0.3, 0.4) is 0 Å². The first-order chi connectivity index (χ1) is 10.3. The number of para-hydroxylation sites is 1. The van der Waals surface area contributed by atoms with E-state index in [1.54, 1.807) is 0 Å². The molecule has 1 N–H and O–H groups in total. The molecule has 1 aromatic carbocycles. The largest absolute Gasteiger partial charge is 0.384 e. The summed E-state index contributed by atoms with van der Waals surface area (Å²) in [5, 5.41) is 3.42. The second kappa shape index (κ2) is 6.50. The Morgan fingerprint density at radius 1 is 1.29 bits per heavy atom. The first-order valence-corrected chi connectivity index (χ1v) is 8.38. The van der Waals surface area contributed by atoms with Crippen LogP contribution >= 0.6 is 0 Å². The molecule has 0 bridgehead atoms. The fraction of sp³-hybridized carbons (Fsp3) is 0.611. The van der Waals surface area contributed by atoms with E-state index in [9.17, 15) is 4.79 Å². The molecule has 114 valence electrons. The molecule has 0 spiro atoms. The molecule has 3 heteroatoms. The molecule has 0 radical (unpaired) electrons. The van der Waals surface area contributed by atoms with Gasteiger partial charge < -0.3 is 10.2 Å². The van der Waals surface area contributed by atoms with Crippen LogP contribution in [0.25, 0.3) is 0 Å². The van der Waals surface area contributed by atoms with Gasteiger partial charge in [-0.05, 0) is 43.2 Å². The third-order valence-electron chi connectivity index (χ3n) is 5.11. The molecule has 2 aliphatic rings. The van der Waals surface area contributed by atoms with Gasteiger partial charge in [0.2, 0.25) is 5.91 Å². The van der Waals surface area contributed by atoms with Crippen molar-refractivity contribution in [1.82, 2.24) is 4.90 Å². The van der Waals surface area contributed by atoms with Crippen molar-refractivity contribution in [3.63, 3.8) is 0 Å². The van der Waals surface area contributed by atoms with Crippen LogP contribution in [0.15, 0.2) is 24.3 Å². The summed E-state index contributed by atoms with van der Waals surface area (Å²) in [6.07, 6.45) is 5.77. The lowest BCUT2D eigenvalue weighted by molar-refractivity contribution is -0.135. The van der Waals surface area contributed by atoms with Gasteiger partial charge in [0.05, 0.1) is 5.92 Å². The van der Waals surface area contributed by atoms with E-state index in [-0.39, 0.29) is 5.92 Å². The maximum atomic E-state index is 12.8. The molecule has 2 atom stereocenters. The number of carbonyl (C=O) groups is 1. The second-order valence-electron chi connectivity index (χ2n) is 6.47. The second-order valence-corrected chi connectivity index (χ2v) is 6.47. The number of anilines is 1. The van der Waals surface area contributed by atoms with E-state index in [4.69, 9.17) is 0 Å². The fourth-order valence-corrected chi connectivity index (χ4v) is 3.67. The number of nitrogens with one attached hydrogen (secondary N) is 1. The molecule has 1 amide bonds. The van der Waals surface area contributed by atoms with Crippen molar-refractivity contribution in [2.24, 2.45) is 11.8 Å². The summed E-state index contributed by atoms with van der Waals surface area (Å²) in [6, 6.07) is 8.35. The van der Waals surface area contributed by atoms with Gasteiger partial charge in [-0.3, -0.25) is 4.79 Å². The lowest BCUT2D eigenvalue weighted by atomic mass is 9.92. The summed E-state index contributed by atoms with van der Waals surface area (Å²) < 4.78 is 0. The van der Waals surface area contributed by atoms with Crippen molar-refractivity contribution in [1.29, 1.82) is 0 Å². The number of fused-ring (bicyclic) bond motifs is 1. The van der Waals surface area contributed by atoms with Crippen LogP contribution in [0, 0.1) is 11.8 Å². The zero-order chi connectivity index (χ0) is 14.7. The minimum Gasteiger partial charge on any atom is -0.384 e. The number of hydrogen-bond acceptors (Lipinski definition) is 2. The number of likely N-dealkylation sites (tertiary alicyclic amines) is 1.